The zero-order valence-electron chi connectivity index (χ0n) is 7.75. The molecule has 72 valence electrons. The highest BCUT2D eigenvalue weighted by Crippen LogP contribution is 2.29. The first-order chi connectivity index (χ1) is 6.14. The Bertz CT molecular complexity index is 282. The molecule has 1 aromatic rings. The Labute approximate surface area is 83.1 Å². The molecule has 1 N–H and O–H groups in total. The number of methoxy groups -OCH3 is 1. The molecular weight excluding hydrogens is 188 g/mol. The van der Waals surface area contributed by atoms with Crippen LogP contribution >= 0.6 is 11.6 Å². The van der Waals surface area contributed by atoms with Crippen molar-refractivity contribution in [2.24, 2.45) is 0 Å². The fraction of sp³-hybridized carbons (Fsp3) is 0.400. The Hall–Kier alpha value is -0.570. The van der Waals surface area contributed by atoms with Crippen molar-refractivity contribution >= 4 is 11.6 Å². The van der Waals surface area contributed by atoms with E-state index < -0.39 is 5.60 Å². The number of benzene rings is 1. The van der Waals surface area contributed by atoms with Crippen LogP contribution in [-0.2, 0) is 10.3 Å². The van der Waals surface area contributed by atoms with E-state index in [4.69, 9.17) is 16.3 Å². The van der Waals surface area contributed by atoms with Crippen molar-refractivity contribution in [1.29, 1.82) is 0 Å². The summed E-state index contributed by atoms with van der Waals surface area (Å²) >= 11 is 5.98. The van der Waals surface area contributed by atoms with Gasteiger partial charge in [0.2, 0.25) is 0 Å². The lowest BCUT2D eigenvalue weighted by molar-refractivity contribution is -0.0421. The molecule has 0 aromatic heterocycles. The van der Waals surface area contributed by atoms with Gasteiger partial charge in [-0.1, -0.05) is 29.8 Å². The van der Waals surface area contributed by atoms with E-state index in [1.807, 2.05) is 18.2 Å². The highest BCUT2D eigenvalue weighted by atomic mass is 35.5. The smallest absolute Gasteiger partial charge is 0.114 e. The minimum Gasteiger partial charge on any atom is -0.393 e. The van der Waals surface area contributed by atoms with Crippen molar-refractivity contribution in [1.82, 2.24) is 0 Å². The molecule has 3 heteroatoms. The molecule has 2 nitrogen and oxygen atoms in total. The summed E-state index contributed by atoms with van der Waals surface area (Å²) < 4.78 is 5.22. The van der Waals surface area contributed by atoms with Gasteiger partial charge in [-0.2, -0.15) is 0 Å². The van der Waals surface area contributed by atoms with Gasteiger partial charge < -0.3 is 9.84 Å². The summed E-state index contributed by atoms with van der Waals surface area (Å²) in [4.78, 5) is 0. The lowest BCUT2D eigenvalue weighted by atomic mass is 9.97. The van der Waals surface area contributed by atoms with E-state index >= 15 is 0 Å². The van der Waals surface area contributed by atoms with Crippen molar-refractivity contribution in [2.75, 3.05) is 13.7 Å². The number of rotatable bonds is 3. The van der Waals surface area contributed by atoms with Crippen LogP contribution in [0.4, 0.5) is 0 Å². The Morgan fingerprint density at radius 3 is 2.54 bits per heavy atom. The first-order valence-corrected chi connectivity index (χ1v) is 4.43. The molecule has 0 spiro atoms. The minimum atomic E-state index is -0.710. The lowest BCUT2D eigenvalue weighted by Crippen LogP contribution is -2.29. The van der Waals surface area contributed by atoms with Gasteiger partial charge in [0, 0.05) is 17.7 Å². The molecule has 1 unspecified atom stereocenters. The third-order valence-electron chi connectivity index (χ3n) is 2.20. The predicted molar refractivity (Wildman–Crippen MR) is 52.9 cm³/mol. The summed E-state index contributed by atoms with van der Waals surface area (Å²) in [5.74, 6) is 0. The molecule has 0 bridgehead atoms. The minimum absolute atomic E-state index is 0.0900. The summed E-state index contributed by atoms with van der Waals surface area (Å²) in [6.07, 6.45) is 0. The standard InChI is InChI=1S/C10H13ClO2/c1-10(7-12,13-2)8-5-3-4-6-9(8)11/h3-6,12H,7H2,1-2H3. The van der Waals surface area contributed by atoms with Crippen LogP contribution < -0.4 is 0 Å². The van der Waals surface area contributed by atoms with Crippen LogP contribution in [0.15, 0.2) is 24.3 Å². The van der Waals surface area contributed by atoms with Gasteiger partial charge in [-0.25, -0.2) is 0 Å². The average Bonchev–Trinajstić information content (AvgIpc) is 2.17. The zero-order chi connectivity index (χ0) is 9.90. The van der Waals surface area contributed by atoms with E-state index in [0.29, 0.717) is 5.02 Å². The molecule has 1 atom stereocenters. The molecular formula is C10H13ClO2. The predicted octanol–water partition coefficient (Wildman–Crippen LogP) is 2.19. The van der Waals surface area contributed by atoms with E-state index in [0.717, 1.165) is 5.56 Å². The third kappa shape index (κ3) is 2.02. The molecule has 1 aromatic carbocycles. The zero-order valence-corrected chi connectivity index (χ0v) is 8.51. The van der Waals surface area contributed by atoms with Gasteiger partial charge in [-0.3, -0.25) is 0 Å². The molecule has 0 saturated carbocycles. The van der Waals surface area contributed by atoms with Crippen molar-refractivity contribution in [3.8, 4) is 0 Å². The Kier molecular flexibility index (Phi) is 3.31. The molecule has 0 fully saturated rings. The van der Waals surface area contributed by atoms with Gasteiger partial charge in [-0.15, -0.1) is 0 Å². The summed E-state index contributed by atoms with van der Waals surface area (Å²) in [6.45, 7) is 1.71. The van der Waals surface area contributed by atoms with Crippen LogP contribution in [0.2, 0.25) is 5.02 Å². The van der Waals surface area contributed by atoms with Crippen molar-refractivity contribution in [3.63, 3.8) is 0 Å². The van der Waals surface area contributed by atoms with Gasteiger partial charge in [0.15, 0.2) is 0 Å². The van der Waals surface area contributed by atoms with Crippen LogP contribution in [0.1, 0.15) is 12.5 Å². The van der Waals surface area contributed by atoms with Crippen LogP contribution in [0.3, 0.4) is 0 Å². The average molecular weight is 201 g/mol. The second kappa shape index (κ2) is 4.09. The highest BCUT2D eigenvalue weighted by Gasteiger charge is 2.27. The summed E-state index contributed by atoms with van der Waals surface area (Å²) in [5, 5.41) is 9.79. The lowest BCUT2D eigenvalue weighted by Gasteiger charge is -2.26. The summed E-state index contributed by atoms with van der Waals surface area (Å²) in [5.41, 5.74) is 0.0971. The Morgan fingerprint density at radius 2 is 2.08 bits per heavy atom. The van der Waals surface area contributed by atoms with Crippen LogP contribution in [0.25, 0.3) is 0 Å². The van der Waals surface area contributed by atoms with Crippen molar-refractivity contribution in [2.45, 2.75) is 12.5 Å². The number of aliphatic hydroxyl groups is 1. The van der Waals surface area contributed by atoms with Gasteiger partial charge in [0.05, 0.1) is 6.61 Å². The van der Waals surface area contributed by atoms with E-state index in [-0.39, 0.29) is 6.61 Å². The summed E-state index contributed by atoms with van der Waals surface area (Å²) in [6, 6.07) is 7.35. The normalized spacial score (nSPS) is 15.4. The maximum absolute atomic E-state index is 9.18. The molecule has 0 aliphatic carbocycles. The van der Waals surface area contributed by atoms with E-state index in [9.17, 15) is 5.11 Å². The van der Waals surface area contributed by atoms with Gasteiger partial charge in [0.25, 0.3) is 0 Å². The van der Waals surface area contributed by atoms with Crippen LogP contribution in [-0.4, -0.2) is 18.8 Å². The molecule has 0 aliphatic heterocycles. The molecule has 0 aliphatic rings. The quantitative estimate of drug-likeness (QED) is 0.811. The topological polar surface area (TPSA) is 29.5 Å². The molecule has 0 radical (unpaired) electrons. The SMILES string of the molecule is COC(C)(CO)c1ccccc1Cl. The number of aliphatic hydroxyl groups excluding tert-OH is 1. The Morgan fingerprint density at radius 1 is 1.46 bits per heavy atom. The first kappa shape index (κ1) is 10.5. The van der Waals surface area contributed by atoms with Crippen molar-refractivity contribution in [3.05, 3.63) is 34.9 Å². The van der Waals surface area contributed by atoms with E-state index in [1.165, 1.54) is 0 Å². The van der Waals surface area contributed by atoms with Crippen LogP contribution in [0, 0.1) is 0 Å². The maximum Gasteiger partial charge on any atom is 0.114 e. The molecule has 0 amide bonds. The number of hydrogen-bond donors (Lipinski definition) is 1. The first-order valence-electron chi connectivity index (χ1n) is 4.05. The van der Waals surface area contributed by atoms with E-state index in [1.54, 1.807) is 20.1 Å². The van der Waals surface area contributed by atoms with Crippen LogP contribution in [0.5, 0.6) is 0 Å². The monoisotopic (exact) mass is 200 g/mol. The largest absolute Gasteiger partial charge is 0.393 e. The number of hydrogen-bond acceptors (Lipinski definition) is 2. The molecule has 13 heavy (non-hydrogen) atoms. The highest BCUT2D eigenvalue weighted by molar-refractivity contribution is 6.31. The summed E-state index contributed by atoms with van der Waals surface area (Å²) in [7, 11) is 1.56. The molecule has 0 saturated heterocycles. The number of ether oxygens (including phenoxy) is 1. The Balaban J connectivity index is 3.12. The van der Waals surface area contributed by atoms with Gasteiger partial charge in [-0.05, 0) is 13.0 Å². The third-order valence-corrected chi connectivity index (χ3v) is 2.53. The second-order valence-electron chi connectivity index (χ2n) is 3.07. The maximum atomic E-state index is 9.18. The van der Waals surface area contributed by atoms with Gasteiger partial charge in [0.1, 0.15) is 5.60 Å². The van der Waals surface area contributed by atoms with E-state index in [2.05, 4.69) is 0 Å². The molecule has 1 rings (SSSR count). The fourth-order valence-corrected chi connectivity index (χ4v) is 1.49. The van der Waals surface area contributed by atoms with Crippen molar-refractivity contribution < 1.29 is 9.84 Å². The molecule has 0 heterocycles. The fourth-order valence-electron chi connectivity index (χ4n) is 1.15. The number of halogens is 1. The van der Waals surface area contributed by atoms with Gasteiger partial charge >= 0.3 is 0 Å². The second-order valence-corrected chi connectivity index (χ2v) is 3.48.